The molecular weight excluding hydrogens is 222 g/mol. The van der Waals surface area contributed by atoms with Gasteiger partial charge in [-0.25, -0.2) is 0 Å². The highest BCUT2D eigenvalue weighted by atomic mass is 32.2. The number of rotatable bonds is 4. The van der Waals surface area contributed by atoms with Crippen LogP contribution in [-0.2, 0) is 6.54 Å². The van der Waals surface area contributed by atoms with E-state index < -0.39 is 0 Å². The SMILES string of the molecule is c1oc(N2CCSCC2)nc1CNC1CC1. The van der Waals surface area contributed by atoms with Gasteiger partial charge >= 0.3 is 0 Å². The Morgan fingerprint density at radius 2 is 2.25 bits per heavy atom. The lowest BCUT2D eigenvalue weighted by atomic mass is 10.4. The van der Waals surface area contributed by atoms with Crippen molar-refractivity contribution < 1.29 is 4.42 Å². The van der Waals surface area contributed by atoms with E-state index >= 15 is 0 Å². The maximum atomic E-state index is 5.52. The van der Waals surface area contributed by atoms with Crippen molar-refractivity contribution in [3.63, 3.8) is 0 Å². The predicted octanol–water partition coefficient (Wildman–Crippen LogP) is 1.48. The average Bonchev–Trinajstić information content (AvgIpc) is 3.05. The van der Waals surface area contributed by atoms with Crippen LogP contribution in [-0.4, -0.2) is 35.6 Å². The highest BCUT2D eigenvalue weighted by molar-refractivity contribution is 7.99. The zero-order valence-corrected chi connectivity index (χ0v) is 10.1. The molecular formula is C11H17N3OS. The van der Waals surface area contributed by atoms with Crippen molar-refractivity contribution >= 4 is 17.8 Å². The summed E-state index contributed by atoms with van der Waals surface area (Å²) in [5, 5.41) is 3.44. The Hall–Kier alpha value is -0.680. The van der Waals surface area contributed by atoms with E-state index in [1.807, 2.05) is 11.8 Å². The van der Waals surface area contributed by atoms with Crippen molar-refractivity contribution in [3.05, 3.63) is 12.0 Å². The lowest BCUT2D eigenvalue weighted by Crippen LogP contribution is -2.32. The molecule has 1 aromatic heterocycles. The van der Waals surface area contributed by atoms with Gasteiger partial charge in [-0.2, -0.15) is 16.7 Å². The maximum absolute atomic E-state index is 5.52. The molecule has 88 valence electrons. The molecule has 2 heterocycles. The molecule has 0 aromatic carbocycles. The minimum atomic E-state index is 0.728. The minimum Gasteiger partial charge on any atom is -0.432 e. The van der Waals surface area contributed by atoms with E-state index in [0.717, 1.165) is 37.4 Å². The maximum Gasteiger partial charge on any atom is 0.297 e. The van der Waals surface area contributed by atoms with Gasteiger partial charge < -0.3 is 14.6 Å². The van der Waals surface area contributed by atoms with Crippen LogP contribution in [0.4, 0.5) is 6.01 Å². The summed E-state index contributed by atoms with van der Waals surface area (Å²) >= 11 is 2.00. The van der Waals surface area contributed by atoms with Crippen molar-refractivity contribution in [1.29, 1.82) is 0 Å². The molecule has 2 fully saturated rings. The van der Waals surface area contributed by atoms with Gasteiger partial charge in [-0.1, -0.05) is 0 Å². The number of oxazole rings is 1. The first-order chi connectivity index (χ1) is 7.92. The summed E-state index contributed by atoms with van der Waals surface area (Å²) in [6, 6.07) is 1.53. The van der Waals surface area contributed by atoms with Crippen LogP contribution < -0.4 is 10.2 Å². The summed E-state index contributed by atoms with van der Waals surface area (Å²) in [6.45, 7) is 2.96. The van der Waals surface area contributed by atoms with E-state index in [4.69, 9.17) is 4.42 Å². The van der Waals surface area contributed by atoms with Crippen molar-refractivity contribution in [3.8, 4) is 0 Å². The minimum absolute atomic E-state index is 0.728. The molecule has 5 heteroatoms. The quantitative estimate of drug-likeness (QED) is 0.862. The summed E-state index contributed by atoms with van der Waals surface area (Å²) < 4.78 is 5.52. The smallest absolute Gasteiger partial charge is 0.297 e. The van der Waals surface area contributed by atoms with Crippen LogP contribution in [0.15, 0.2) is 10.7 Å². The topological polar surface area (TPSA) is 41.3 Å². The first kappa shape index (κ1) is 10.5. The number of aromatic nitrogens is 1. The molecule has 1 aromatic rings. The zero-order valence-electron chi connectivity index (χ0n) is 9.32. The second-order valence-electron chi connectivity index (χ2n) is 4.38. The molecule has 0 radical (unpaired) electrons. The molecule has 3 rings (SSSR count). The molecule has 4 nitrogen and oxygen atoms in total. The van der Waals surface area contributed by atoms with Gasteiger partial charge in [0.2, 0.25) is 0 Å². The summed E-state index contributed by atoms with van der Waals surface area (Å²) in [7, 11) is 0. The predicted molar refractivity (Wildman–Crippen MR) is 65.9 cm³/mol. The average molecular weight is 239 g/mol. The number of anilines is 1. The van der Waals surface area contributed by atoms with Gasteiger partial charge in [0, 0.05) is 37.2 Å². The third kappa shape index (κ3) is 2.52. The molecule has 0 bridgehead atoms. The molecule has 1 aliphatic carbocycles. The third-order valence-electron chi connectivity index (χ3n) is 2.97. The molecule has 0 amide bonds. The summed E-state index contributed by atoms with van der Waals surface area (Å²) in [5.41, 5.74) is 1.03. The van der Waals surface area contributed by atoms with Crippen LogP contribution in [0.3, 0.4) is 0 Å². The number of hydrogen-bond acceptors (Lipinski definition) is 5. The molecule has 1 saturated carbocycles. The van der Waals surface area contributed by atoms with Gasteiger partial charge in [-0.15, -0.1) is 0 Å². The highest BCUT2D eigenvalue weighted by Crippen LogP contribution is 2.21. The number of thioether (sulfide) groups is 1. The Balaban J connectivity index is 1.57. The van der Waals surface area contributed by atoms with E-state index in [2.05, 4.69) is 15.2 Å². The third-order valence-corrected chi connectivity index (χ3v) is 3.91. The molecule has 1 N–H and O–H groups in total. The largest absolute Gasteiger partial charge is 0.432 e. The number of nitrogens with zero attached hydrogens (tertiary/aromatic N) is 2. The van der Waals surface area contributed by atoms with Crippen LogP contribution in [0.1, 0.15) is 18.5 Å². The van der Waals surface area contributed by atoms with E-state index in [9.17, 15) is 0 Å². The summed E-state index contributed by atoms with van der Waals surface area (Å²) in [6.07, 6.45) is 4.41. The monoisotopic (exact) mass is 239 g/mol. The van der Waals surface area contributed by atoms with Crippen LogP contribution in [0.2, 0.25) is 0 Å². The Morgan fingerprint density at radius 1 is 1.44 bits per heavy atom. The molecule has 2 aliphatic rings. The van der Waals surface area contributed by atoms with Crippen LogP contribution >= 0.6 is 11.8 Å². The van der Waals surface area contributed by atoms with Crippen molar-refractivity contribution in [2.45, 2.75) is 25.4 Å². The van der Waals surface area contributed by atoms with Crippen LogP contribution in [0.25, 0.3) is 0 Å². The van der Waals surface area contributed by atoms with Crippen molar-refractivity contribution in [2.24, 2.45) is 0 Å². The second-order valence-corrected chi connectivity index (χ2v) is 5.60. The fourth-order valence-electron chi connectivity index (χ4n) is 1.81. The Morgan fingerprint density at radius 3 is 3.00 bits per heavy atom. The second kappa shape index (κ2) is 4.67. The standard InChI is InChI=1S/C11H17N3OS/c1-2-9(1)12-7-10-8-15-11(13-10)14-3-5-16-6-4-14/h8-9,12H,1-7H2. The first-order valence-electron chi connectivity index (χ1n) is 5.92. The van der Waals surface area contributed by atoms with E-state index in [0.29, 0.717) is 0 Å². The van der Waals surface area contributed by atoms with Gasteiger partial charge in [0.25, 0.3) is 6.01 Å². The van der Waals surface area contributed by atoms with E-state index in [1.165, 1.54) is 24.3 Å². The van der Waals surface area contributed by atoms with Crippen molar-refractivity contribution in [2.75, 3.05) is 29.5 Å². The molecule has 16 heavy (non-hydrogen) atoms. The van der Waals surface area contributed by atoms with E-state index in [-0.39, 0.29) is 0 Å². The fraction of sp³-hybridized carbons (Fsp3) is 0.727. The normalized spacial score (nSPS) is 21.4. The van der Waals surface area contributed by atoms with Crippen molar-refractivity contribution in [1.82, 2.24) is 10.3 Å². The van der Waals surface area contributed by atoms with Crippen LogP contribution in [0, 0.1) is 0 Å². The fourth-order valence-corrected chi connectivity index (χ4v) is 2.72. The summed E-state index contributed by atoms with van der Waals surface area (Å²) in [4.78, 5) is 6.75. The Labute approximate surface area is 99.8 Å². The van der Waals surface area contributed by atoms with Crippen LogP contribution in [0.5, 0.6) is 0 Å². The first-order valence-corrected chi connectivity index (χ1v) is 7.08. The molecule has 1 aliphatic heterocycles. The Kier molecular flexibility index (Phi) is 3.06. The molecule has 0 spiro atoms. The molecule has 0 unspecified atom stereocenters. The van der Waals surface area contributed by atoms with E-state index in [1.54, 1.807) is 6.26 Å². The Bertz CT molecular complexity index is 345. The summed E-state index contributed by atoms with van der Waals surface area (Å²) in [5.74, 6) is 2.36. The molecule has 1 saturated heterocycles. The lowest BCUT2D eigenvalue weighted by molar-refractivity contribution is 0.537. The van der Waals surface area contributed by atoms with Gasteiger partial charge in [0.05, 0.1) is 5.69 Å². The van der Waals surface area contributed by atoms with Gasteiger partial charge in [-0.05, 0) is 12.8 Å². The lowest BCUT2D eigenvalue weighted by Gasteiger charge is -2.24. The van der Waals surface area contributed by atoms with Gasteiger partial charge in [-0.3, -0.25) is 0 Å². The molecule has 0 atom stereocenters. The zero-order chi connectivity index (χ0) is 10.8. The highest BCUT2D eigenvalue weighted by Gasteiger charge is 2.21. The van der Waals surface area contributed by atoms with Gasteiger partial charge in [0.1, 0.15) is 6.26 Å². The van der Waals surface area contributed by atoms with Gasteiger partial charge in [0.15, 0.2) is 0 Å². The number of hydrogen-bond donors (Lipinski definition) is 1. The number of nitrogens with one attached hydrogen (secondary N) is 1.